The summed E-state index contributed by atoms with van der Waals surface area (Å²) in [5, 5.41) is 9.00. The van der Waals surface area contributed by atoms with E-state index in [9.17, 15) is 9.59 Å². The number of benzene rings is 1. The zero-order chi connectivity index (χ0) is 17.4. The van der Waals surface area contributed by atoms with Crippen LogP contribution in [0.2, 0.25) is 0 Å². The molecule has 2 rings (SSSR count). The molecule has 1 heterocycles. The SMILES string of the molecule is COCC1(C(=O)NCCNC(=O)c2cccc(Br)c2)CCNCC1. The average Bonchev–Trinajstić information content (AvgIpc) is 2.59. The van der Waals surface area contributed by atoms with E-state index >= 15 is 0 Å². The van der Waals surface area contributed by atoms with Gasteiger partial charge in [-0.15, -0.1) is 0 Å². The molecule has 0 radical (unpaired) electrons. The van der Waals surface area contributed by atoms with Gasteiger partial charge in [0.1, 0.15) is 0 Å². The molecule has 0 atom stereocenters. The highest BCUT2D eigenvalue weighted by atomic mass is 79.9. The molecule has 7 heteroatoms. The van der Waals surface area contributed by atoms with Crippen LogP contribution in [-0.2, 0) is 9.53 Å². The van der Waals surface area contributed by atoms with Gasteiger partial charge in [0.15, 0.2) is 0 Å². The van der Waals surface area contributed by atoms with E-state index in [0.29, 0.717) is 25.3 Å². The summed E-state index contributed by atoms with van der Waals surface area (Å²) in [6, 6.07) is 7.19. The van der Waals surface area contributed by atoms with Gasteiger partial charge in [-0.05, 0) is 44.1 Å². The second-order valence-electron chi connectivity index (χ2n) is 5.99. The molecule has 6 nitrogen and oxygen atoms in total. The Bertz CT molecular complexity index is 568. The summed E-state index contributed by atoms with van der Waals surface area (Å²) in [7, 11) is 1.62. The number of halogens is 1. The molecule has 1 aliphatic rings. The van der Waals surface area contributed by atoms with Crippen molar-refractivity contribution in [1.82, 2.24) is 16.0 Å². The normalized spacial score (nSPS) is 16.4. The summed E-state index contributed by atoms with van der Waals surface area (Å²) in [6.45, 7) is 2.84. The Kier molecular flexibility index (Phi) is 7.20. The maximum atomic E-state index is 12.5. The van der Waals surface area contributed by atoms with Gasteiger partial charge in [0.25, 0.3) is 5.91 Å². The van der Waals surface area contributed by atoms with Gasteiger partial charge >= 0.3 is 0 Å². The predicted molar refractivity (Wildman–Crippen MR) is 95.9 cm³/mol. The van der Waals surface area contributed by atoms with Crippen LogP contribution in [0.5, 0.6) is 0 Å². The number of rotatable bonds is 7. The zero-order valence-corrected chi connectivity index (χ0v) is 15.4. The lowest BCUT2D eigenvalue weighted by atomic mass is 9.78. The summed E-state index contributed by atoms with van der Waals surface area (Å²) >= 11 is 3.34. The Labute approximate surface area is 150 Å². The number of piperidine rings is 1. The van der Waals surface area contributed by atoms with Gasteiger partial charge < -0.3 is 20.7 Å². The molecule has 132 valence electrons. The van der Waals surface area contributed by atoms with Gasteiger partial charge in [0.2, 0.25) is 5.91 Å². The quantitative estimate of drug-likeness (QED) is 0.606. The molecule has 1 aromatic rings. The molecule has 2 amide bonds. The van der Waals surface area contributed by atoms with Gasteiger partial charge in [0, 0.05) is 30.2 Å². The van der Waals surface area contributed by atoms with Gasteiger partial charge in [0.05, 0.1) is 12.0 Å². The van der Waals surface area contributed by atoms with E-state index in [1.54, 1.807) is 19.2 Å². The third-order valence-electron chi connectivity index (χ3n) is 4.25. The highest BCUT2D eigenvalue weighted by Crippen LogP contribution is 2.29. The van der Waals surface area contributed by atoms with E-state index in [4.69, 9.17) is 4.74 Å². The Morgan fingerprint density at radius 3 is 2.62 bits per heavy atom. The number of carbonyl (C=O) groups is 2. The van der Waals surface area contributed by atoms with Crippen LogP contribution in [0, 0.1) is 5.41 Å². The van der Waals surface area contributed by atoms with Crippen LogP contribution in [0.3, 0.4) is 0 Å². The second-order valence-corrected chi connectivity index (χ2v) is 6.90. The molecular weight excluding hydrogens is 374 g/mol. The Hall–Kier alpha value is -1.44. The van der Waals surface area contributed by atoms with E-state index in [0.717, 1.165) is 30.4 Å². The van der Waals surface area contributed by atoms with Crippen LogP contribution in [0.4, 0.5) is 0 Å². The first-order valence-corrected chi connectivity index (χ1v) is 8.88. The largest absolute Gasteiger partial charge is 0.384 e. The summed E-state index contributed by atoms with van der Waals surface area (Å²) in [4.78, 5) is 24.6. The highest BCUT2D eigenvalue weighted by Gasteiger charge is 2.39. The maximum Gasteiger partial charge on any atom is 0.251 e. The van der Waals surface area contributed by atoms with Crippen LogP contribution >= 0.6 is 15.9 Å². The lowest BCUT2D eigenvalue weighted by molar-refractivity contribution is -0.136. The third kappa shape index (κ3) is 5.03. The van der Waals surface area contributed by atoms with E-state index in [1.165, 1.54) is 0 Å². The maximum absolute atomic E-state index is 12.5. The Morgan fingerprint density at radius 2 is 1.96 bits per heavy atom. The van der Waals surface area contributed by atoms with Crippen molar-refractivity contribution >= 4 is 27.7 Å². The predicted octanol–water partition coefficient (Wildman–Crippen LogP) is 1.31. The molecular formula is C17H24BrN3O3. The number of hydrogen-bond donors (Lipinski definition) is 3. The molecule has 1 aliphatic heterocycles. The summed E-state index contributed by atoms with van der Waals surface area (Å²) in [5.41, 5.74) is 0.124. The van der Waals surface area contributed by atoms with Crippen LogP contribution in [0.1, 0.15) is 23.2 Å². The number of methoxy groups -OCH3 is 1. The van der Waals surface area contributed by atoms with Crippen LogP contribution in [0.15, 0.2) is 28.7 Å². The number of nitrogens with one attached hydrogen (secondary N) is 3. The molecule has 0 aliphatic carbocycles. The molecule has 3 N–H and O–H groups in total. The fourth-order valence-corrected chi connectivity index (χ4v) is 3.29. The molecule has 1 fully saturated rings. The van der Waals surface area contributed by atoms with E-state index in [-0.39, 0.29) is 11.8 Å². The van der Waals surface area contributed by atoms with Crippen molar-refractivity contribution in [2.75, 3.05) is 39.9 Å². The minimum Gasteiger partial charge on any atom is -0.384 e. The minimum absolute atomic E-state index is 0.00237. The third-order valence-corrected chi connectivity index (χ3v) is 4.74. The number of ether oxygens (including phenoxy) is 1. The second kappa shape index (κ2) is 9.15. The number of carbonyl (C=O) groups excluding carboxylic acids is 2. The molecule has 24 heavy (non-hydrogen) atoms. The lowest BCUT2D eigenvalue weighted by Crippen LogP contribution is -2.51. The summed E-state index contributed by atoms with van der Waals surface area (Å²) < 4.78 is 6.11. The van der Waals surface area contributed by atoms with Crippen molar-refractivity contribution in [2.24, 2.45) is 5.41 Å². The first-order chi connectivity index (χ1) is 11.6. The van der Waals surface area contributed by atoms with Crippen LogP contribution in [-0.4, -0.2) is 51.7 Å². The van der Waals surface area contributed by atoms with Crippen LogP contribution in [0.25, 0.3) is 0 Å². The molecule has 1 saturated heterocycles. The van der Waals surface area contributed by atoms with Gasteiger partial charge in [-0.25, -0.2) is 0 Å². The first-order valence-electron chi connectivity index (χ1n) is 8.09. The van der Waals surface area contributed by atoms with Crippen molar-refractivity contribution in [1.29, 1.82) is 0 Å². The Morgan fingerprint density at radius 1 is 1.25 bits per heavy atom. The number of amides is 2. The first kappa shape index (κ1) is 18.9. The highest BCUT2D eigenvalue weighted by molar-refractivity contribution is 9.10. The zero-order valence-electron chi connectivity index (χ0n) is 13.9. The van der Waals surface area contributed by atoms with Gasteiger partial charge in [-0.1, -0.05) is 22.0 Å². The van der Waals surface area contributed by atoms with E-state index < -0.39 is 5.41 Å². The van der Waals surface area contributed by atoms with Crippen molar-refractivity contribution in [3.05, 3.63) is 34.3 Å². The molecule has 0 aromatic heterocycles. The van der Waals surface area contributed by atoms with Gasteiger partial charge in [-0.3, -0.25) is 9.59 Å². The molecule has 0 bridgehead atoms. The fourth-order valence-electron chi connectivity index (χ4n) is 2.89. The molecule has 0 unspecified atom stereocenters. The summed E-state index contributed by atoms with van der Waals surface area (Å²) in [5.74, 6) is -0.151. The van der Waals surface area contributed by atoms with Gasteiger partial charge in [-0.2, -0.15) is 0 Å². The average molecular weight is 398 g/mol. The fraction of sp³-hybridized carbons (Fsp3) is 0.529. The molecule has 0 spiro atoms. The summed E-state index contributed by atoms with van der Waals surface area (Å²) in [6.07, 6.45) is 1.52. The van der Waals surface area contributed by atoms with E-state index in [2.05, 4.69) is 31.9 Å². The van der Waals surface area contributed by atoms with Crippen molar-refractivity contribution in [3.63, 3.8) is 0 Å². The molecule has 1 aromatic carbocycles. The standard InChI is InChI=1S/C17H24BrN3O3/c1-24-12-17(5-7-19-8-6-17)16(23)21-10-9-20-15(22)13-3-2-4-14(18)11-13/h2-4,11,19H,5-10,12H2,1H3,(H,20,22)(H,21,23). The minimum atomic E-state index is -0.464. The number of hydrogen-bond acceptors (Lipinski definition) is 4. The topological polar surface area (TPSA) is 79.5 Å². The Balaban J connectivity index is 1.78. The van der Waals surface area contributed by atoms with Crippen molar-refractivity contribution < 1.29 is 14.3 Å². The van der Waals surface area contributed by atoms with Crippen LogP contribution < -0.4 is 16.0 Å². The molecule has 0 saturated carbocycles. The monoisotopic (exact) mass is 397 g/mol. The van der Waals surface area contributed by atoms with Crippen molar-refractivity contribution in [2.45, 2.75) is 12.8 Å². The smallest absolute Gasteiger partial charge is 0.251 e. The van der Waals surface area contributed by atoms with E-state index in [1.807, 2.05) is 12.1 Å². The van der Waals surface area contributed by atoms with Crippen molar-refractivity contribution in [3.8, 4) is 0 Å². The lowest BCUT2D eigenvalue weighted by Gasteiger charge is -2.35.